The third-order valence-corrected chi connectivity index (χ3v) is 4.84. The molecule has 0 bridgehead atoms. The molecule has 0 saturated heterocycles. The molecule has 1 heterocycles. The fraction of sp³-hybridized carbons (Fsp3) is 0.533. The van der Waals surface area contributed by atoms with E-state index in [4.69, 9.17) is 9.47 Å². The van der Waals surface area contributed by atoms with Crippen molar-refractivity contribution < 1.29 is 14.3 Å². The van der Waals surface area contributed by atoms with Crippen LogP contribution in [0.3, 0.4) is 0 Å². The lowest BCUT2D eigenvalue weighted by Gasteiger charge is -2.21. The molecule has 3 nitrogen and oxygen atoms in total. The summed E-state index contributed by atoms with van der Waals surface area (Å²) in [5.74, 6) is 1.48. The van der Waals surface area contributed by atoms with Gasteiger partial charge < -0.3 is 9.47 Å². The Kier molecular flexibility index (Phi) is 3.42. The molecule has 0 radical (unpaired) electrons. The molecule has 1 aliphatic rings. The standard InChI is InChI=1S/C15H19BrO3/c1-7-8(2)14-12(10(4)15(6,16)19-14)9(3)13(7)18-11(5)17/h10H,1-6H3. The summed E-state index contributed by atoms with van der Waals surface area (Å²) in [7, 11) is 0. The summed E-state index contributed by atoms with van der Waals surface area (Å²) < 4.78 is 11.0. The summed E-state index contributed by atoms with van der Waals surface area (Å²) in [5.41, 5.74) is 4.11. The highest BCUT2D eigenvalue weighted by molar-refractivity contribution is 9.10. The predicted octanol–water partition coefficient (Wildman–Crippen LogP) is 4.14. The molecule has 19 heavy (non-hydrogen) atoms. The predicted molar refractivity (Wildman–Crippen MR) is 78.3 cm³/mol. The minimum Gasteiger partial charge on any atom is -0.475 e. The highest BCUT2D eigenvalue weighted by Gasteiger charge is 2.43. The van der Waals surface area contributed by atoms with E-state index in [0.717, 1.165) is 28.0 Å². The number of hydrogen-bond acceptors (Lipinski definition) is 3. The van der Waals surface area contributed by atoms with Gasteiger partial charge in [0.05, 0.1) is 0 Å². The minimum absolute atomic E-state index is 0.191. The number of hydrogen-bond donors (Lipinski definition) is 0. The molecular weight excluding hydrogens is 308 g/mol. The molecule has 2 rings (SSSR count). The molecule has 0 fully saturated rings. The number of halogens is 1. The van der Waals surface area contributed by atoms with Crippen LogP contribution < -0.4 is 9.47 Å². The fourth-order valence-corrected chi connectivity index (χ4v) is 3.00. The lowest BCUT2D eigenvalue weighted by Crippen LogP contribution is -2.24. The molecule has 0 aliphatic carbocycles. The number of fused-ring (bicyclic) bond motifs is 1. The van der Waals surface area contributed by atoms with E-state index >= 15 is 0 Å². The van der Waals surface area contributed by atoms with Gasteiger partial charge in [-0.3, -0.25) is 4.79 Å². The normalized spacial score (nSPS) is 24.9. The Balaban J connectivity index is 2.69. The Labute approximate surface area is 122 Å². The van der Waals surface area contributed by atoms with Gasteiger partial charge in [-0.1, -0.05) is 6.92 Å². The van der Waals surface area contributed by atoms with Gasteiger partial charge in [0.1, 0.15) is 11.5 Å². The summed E-state index contributed by atoms with van der Waals surface area (Å²) in [6.07, 6.45) is 0. The van der Waals surface area contributed by atoms with Gasteiger partial charge in [-0.05, 0) is 60.3 Å². The Morgan fingerprint density at radius 2 is 1.84 bits per heavy atom. The van der Waals surface area contributed by atoms with E-state index in [1.165, 1.54) is 6.92 Å². The van der Waals surface area contributed by atoms with Crippen LogP contribution >= 0.6 is 15.9 Å². The van der Waals surface area contributed by atoms with Crippen LogP contribution in [0, 0.1) is 20.8 Å². The van der Waals surface area contributed by atoms with Gasteiger partial charge in [0.2, 0.25) is 0 Å². The number of carbonyl (C=O) groups is 1. The number of esters is 1. The largest absolute Gasteiger partial charge is 0.475 e. The van der Waals surface area contributed by atoms with Gasteiger partial charge in [0, 0.05) is 18.4 Å². The summed E-state index contributed by atoms with van der Waals surface area (Å²) in [6, 6.07) is 0. The van der Waals surface area contributed by atoms with Crippen LogP contribution in [0.1, 0.15) is 48.9 Å². The molecule has 1 aliphatic heterocycles. The summed E-state index contributed by atoms with van der Waals surface area (Å²) in [4.78, 5) is 11.3. The Hall–Kier alpha value is -1.03. The molecule has 0 spiro atoms. The van der Waals surface area contributed by atoms with Gasteiger partial charge in [-0.25, -0.2) is 0 Å². The van der Waals surface area contributed by atoms with E-state index in [-0.39, 0.29) is 11.9 Å². The van der Waals surface area contributed by atoms with Crippen molar-refractivity contribution in [3.05, 3.63) is 22.3 Å². The number of alkyl halides is 1. The van der Waals surface area contributed by atoms with Gasteiger partial charge in [-0.15, -0.1) is 0 Å². The molecule has 4 heteroatoms. The fourth-order valence-electron chi connectivity index (χ4n) is 2.61. The molecule has 0 saturated carbocycles. The summed E-state index contributed by atoms with van der Waals surface area (Å²) >= 11 is 3.63. The second-order valence-corrected chi connectivity index (χ2v) is 6.92. The zero-order valence-electron chi connectivity index (χ0n) is 12.2. The third-order valence-electron chi connectivity index (χ3n) is 3.99. The second kappa shape index (κ2) is 4.51. The highest BCUT2D eigenvalue weighted by Crippen LogP contribution is 2.53. The molecule has 2 unspecified atom stereocenters. The van der Waals surface area contributed by atoms with Crippen molar-refractivity contribution in [2.45, 2.75) is 52.0 Å². The van der Waals surface area contributed by atoms with Crippen molar-refractivity contribution in [2.75, 3.05) is 0 Å². The van der Waals surface area contributed by atoms with Crippen molar-refractivity contribution in [3.8, 4) is 11.5 Å². The molecule has 1 aromatic carbocycles. The van der Waals surface area contributed by atoms with Crippen LogP contribution in [0.2, 0.25) is 0 Å². The van der Waals surface area contributed by atoms with Crippen LogP contribution in [-0.4, -0.2) is 10.5 Å². The molecule has 0 amide bonds. The zero-order chi connectivity index (χ0) is 14.5. The van der Waals surface area contributed by atoms with Gasteiger partial charge >= 0.3 is 5.97 Å². The van der Waals surface area contributed by atoms with E-state index in [1.807, 2.05) is 27.7 Å². The smallest absolute Gasteiger partial charge is 0.308 e. The minimum atomic E-state index is -0.411. The number of rotatable bonds is 1. The van der Waals surface area contributed by atoms with Crippen LogP contribution in [0.25, 0.3) is 0 Å². The van der Waals surface area contributed by atoms with Gasteiger partial charge in [-0.2, -0.15) is 0 Å². The molecule has 2 atom stereocenters. The first-order chi connectivity index (χ1) is 8.66. The van der Waals surface area contributed by atoms with E-state index in [1.54, 1.807) is 0 Å². The van der Waals surface area contributed by atoms with E-state index in [9.17, 15) is 4.79 Å². The van der Waals surface area contributed by atoms with Gasteiger partial charge in [0.15, 0.2) is 4.51 Å². The van der Waals surface area contributed by atoms with Crippen molar-refractivity contribution in [1.82, 2.24) is 0 Å². The van der Waals surface area contributed by atoms with Crippen LogP contribution in [0.5, 0.6) is 11.5 Å². The number of carbonyl (C=O) groups excluding carboxylic acids is 1. The monoisotopic (exact) mass is 326 g/mol. The Morgan fingerprint density at radius 3 is 2.37 bits per heavy atom. The van der Waals surface area contributed by atoms with Gasteiger partial charge in [0.25, 0.3) is 0 Å². The lowest BCUT2D eigenvalue weighted by molar-refractivity contribution is -0.131. The van der Waals surface area contributed by atoms with Crippen molar-refractivity contribution in [2.24, 2.45) is 0 Å². The first-order valence-corrected chi connectivity index (χ1v) is 7.16. The highest BCUT2D eigenvalue weighted by atomic mass is 79.9. The number of benzene rings is 1. The zero-order valence-corrected chi connectivity index (χ0v) is 13.8. The quantitative estimate of drug-likeness (QED) is 0.442. The first-order valence-electron chi connectivity index (χ1n) is 6.36. The average Bonchev–Trinajstić information content (AvgIpc) is 2.54. The molecule has 0 aromatic heterocycles. The summed E-state index contributed by atoms with van der Waals surface area (Å²) in [6.45, 7) is 11.5. The molecule has 1 aromatic rings. The number of ether oxygens (including phenoxy) is 2. The van der Waals surface area contributed by atoms with Crippen molar-refractivity contribution in [1.29, 1.82) is 0 Å². The van der Waals surface area contributed by atoms with Crippen molar-refractivity contribution >= 4 is 21.9 Å². The summed E-state index contributed by atoms with van der Waals surface area (Å²) in [5, 5.41) is 0. The second-order valence-electron chi connectivity index (χ2n) is 5.35. The van der Waals surface area contributed by atoms with E-state index < -0.39 is 4.51 Å². The average molecular weight is 327 g/mol. The molecule has 0 N–H and O–H groups in total. The Bertz CT molecular complexity index is 561. The van der Waals surface area contributed by atoms with Crippen LogP contribution in [-0.2, 0) is 4.79 Å². The maximum Gasteiger partial charge on any atom is 0.308 e. The molecule has 104 valence electrons. The lowest BCUT2D eigenvalue weighted by atomic mass is 9.90. The van der Waals surface area contributed by atoms with E-state index in [0.29, 0.717) is 5.75 Å². The van der Waals surface area contributed by atoms with Crippen molar-refractivity contribution in [3.63, 3.8) is 0 Å². The van der Waals surface area contributed by atoms with Crippen LogP contribution in [0.4, 0.5) is 0 Å². The topological polar surface area (TPSA) is 35.5 Å². The maximum absolute atomic E-state index is 11.3. The first kappa shape index (κ1) is 14.4. The van der Waals surface area contributed by atoms with E-state index in [2.05, 4.69) is 22.9 Å². The molecular formula is C15H19BrO3. The third kappa shape index (κ3) is 2.16. The van der Waals surface area contributed by atoms with Crippen LogP contribution in [0.15, 0.2) is 0 Å². The maximum atomic E-state index is 11.3. The SMILES string of the molecule is CC(=O)Oc1c(C)c(C)c2c(c1C)C(C)C(C)(Br)O2. The Morgan fingerprint density at radius 1 is 1.26 bits per heavy atom.